The summed E-state index contributed by atoms with van der Waals surface area (Å²) >= 11 is 0. The van der Waals surface area contributed by atoms with Crippen LogP contribution in [0.2, 0.25) is 38.8 Å². The van der Waals surface area contributed by atoms with Crippen molar-refractivity contribution in [3.05, 3.63) is 0 Å². The molecule has 1 nitrogen and oxygen atoms in total. The van der Waals surface area contributed by atoms with Crippen LogP contribution in [-0.2, 0) is 4.43 Å². The molecule has 3 heteroatoms. The third-order valence-corrected chi connectivity index (χ3v) is 3.78. The van der Waals surface area contributed by atoms with Crippen LogP contribution in [0.5, 0.6) is 0 Å². The molecule has 0 rings (SSSR count). The summed E-state index contributed by atoms with van der Waals surface area (Å²) in [5.74, 6) is 0. The monoisotopic (exact) mass is 189 g/mol. The Kier molecular flexibility index (Phi) is 5.30. The first-order valence-corrected chi connectivity index (χ1v) is 10.5. The van der Waals surface area contributed by atoms with Gasteiger partial charge in [0.05, 0.1) is 0 Å². The molecule has 0 aliphatic rings. The summed E-state index contributed by atoms with van der Waals surface area (Å²) in [4.78, 5) is 0. The largest absolute Gasteiger partial charge is 0.418 e. The third kappa shape index (κ3) is 10.4. The van der Waals surface area contributed by atoms with Crippen LogP contribution in [0.3, 0.4) is 0 Å². The van der Waals surface area contributed by atoms with Crippen LogP contribution < -0.4 is 0 Å². The van der Waals surface area contributed by atoms with Gasteiger partial charge >= 0.3 is 0 Å². The maximum absolute atomic E-state index is 5.73. The molecule has 0 bridgehead atoms. The second-order valence-electron chi connectivity index (χ2n) is 4.27. The van der Waals surface area contributed by atoms with Crippen molar-refractivity contribution < 1.29 is 4.43 Å². The topological polar surface area (TPSA) is 9.23 Å². The van der Waals surface area contributed by atoms with Gasteiger partial charge in [0.25, 0.3) is 0 Å². The van der Waals surface area contributed by atoms with Crippen LogP contribution in [-0.4, -0.2) is 23.7 Å². The zero-order valence-corrected chi connectivity index (χ0v) is 10.5. The Labute approximate surface area is 73.9 Å². The molecule has 1 radical (unpaired) electrons. The molecule has 0 saturated carbocycles. The van der Waals surface area contributed by atoms with E-state index in [1.165, 1.54) is 12.5 Å². The van der Waals surface area contributed by atoms with Gasteiger partial charge in [-0.3, -0.25) is 0 Å². The predicted molar refractivity (Wildman–Crippen MR) is 56.2 cm³/mol. The van der Waals surface area contributed by atoms with E-state index in [9.17, 15) is 0 Å². The van der Waals surface area contributed by atoms with Gasteiger partial charge in [0.1, 0.15) is 0 Å². The molecule has 67 valence electrons. The molecular formula is C8H21OSi2. The minimum Gasteiger partial charge on any atom is -0.418 e. The lowest BCUT2D eigenvalue weighted by Crippen LogP contribution is -2.25. The Balaban J connectivity index is 3.15. The molecule has 0 aliphatic heterocycles. The molecule has 0 atom stereocenters. The highest BCUT2D eigenvalue weighted by molar-refractivity contribution is 6.69. The highest BCUT2D eigenvalue weighted by Gasteiger charge is 2.13. The van der Waals surface area contributed by atoms with E-state index in [0.29, 0.717) is 0 Å². The lowest BCUT2D eigenvalue weighted by Gasteiger charge is -2.17. The predicted octanol–water partition coefficient (Wildman–Crippen LogP) is 2.98. The summed E-state index contributed by atoms with van der Waals surface area (Å²) in [7, 11) is -1.23. The summed E-state index contributed by atoms with van der Waals surface area (Å²) in [5.41, 5.74) is 0. The zero-order chi connectivity index (χ0) is 8.91. The van der Waals surface area contributed by atoms with E-state index in [1.54, 1.807) is 0 Å². The average molecular weight is 189 g/mol. The Morgan fingerprint density at radius 3 is 2.09 bits per heavy atom. The van der Waals surface area contributed by atoms with Gasteiger partial charge in [0.15, 0.2) is 8.32 Å². The quantitative estimate of drug-likeness (QED) is 0.477. The first-order valence-electron chi connectivity index (χ1n) is 4.35. The second-order valence-corrected chi connectivity index (χ2v) is 11.7. The van der Waals surface area contributed by atoms with Gasteiger partial charge in [-0.15, -0.1) is 0 Å². The van der Waals surface area contributed by atoms with Crippen molar-refractivity contribution in [2.75, 3.05) is 6.61 Å². The summed E-state index contributed by atoms with van der Waals surface area (Å²) in [5, 5.41) is 0. The van der Waals surface area contributed by atoms with Crippen molar-refractivity contribution in [2.45, 2.75) is 45.2 Å². The van der Waals surface area contributed by atoms with E-state index in [4.69, 9.17) is 4.43 Å². The molecule has 0 N–H and O–H groups in total. The van der Waals surface area contributed by atoms with E-state index in [0.717, 1.165) is 6.61 Å². The highest BCUT2D eigenvalue weighted by atomic mass is 28.4. The van der Waals surface area contributed by atoms with Crippen molar-refractivity contribution in [3.8, 4) is 0 Å². The van der Waals surface area contributed by atoms with Gasteiger partial charge in [0, 0.05) is 15.4 Å². The van der Waals surface area contributed by atoms with Gasteiger partial charge in [-0.05, 0) is 26.1 Å². The van der Waals surface area contributed by atoms with Gasteiger partial charge < -0.3 is 4.43 Å². The molecule has 0 saturated heterocycles. The molecule has 0 aromatic rings. The SMILES string of the molecule is C[Si](C)CCCO[Si](C)(C)C. The third-order valence-electron chi connectivity index (χ3n) is 1.36. The minimum atomic E-state index is -1.22. The maximum Gasteiger partial charge on any atom is 0.183 e. The first kappa shape index (κ1) is 11.4. The van der Waals surface area contributed by atoms with Crippen LogP contribution in [0.15, 0.2) is 0 Å². The van der Waals surface area contributed by atoms with Crippen LogP contribution in [0, 0.1) is 0 Å². The molecule has 0 spiro atoms. The molecular weight excluding hydrogens is 168 g/mol. The van der Waals surface area contributed by atoms with Crippen molar-refractivity contribution in [1.29, 1.82) is 0 Å². The minimum absolute atomic E-state index is 0.0166. The van der Waals surface area contributed by atoms with Crippen molar-refractivity contribution in [1.82, 2.24) is 0 Å². The van der Waals surface area contributed by atoms with Crippen LogP contribution in [0.4, 0.5) is 0 Å². The van der Waals surface area contributed by atoms with E-state index < -0.39 is 8.32 Å². The van der Waals surface area contributed by atoms with Crippen molar-refractivity contribution in [3.63, 3.8) is 0 Å². The standard InChI is InChI=1S/C8H21OSi2/c1-10(2)8-6-7-9-11(3,4)5/h6-8H2,1-5H3. The van der Waals surface area contributed by atoms with E-state index in [1.807, 2.05) is 0 Å². The summed E-state index contributed by atoms with van der Waals surface area (Å²) in [6, 6.07) is 1.40. The van der Waals surface area contributed by atoms with Gasteiger partial charge in [-0.2, -0.15) is 0 Å². The maximum atomic E-state index is 5.73. The fourth-order valence-electron chi connectivity index (χ4n) is 0.804. The summed E-state index contributed by atoms with van der Waals surface area (Å²) in [6.45, 7) is 12.5. The lowest BCUT2D eigenvalue weighted by atomic mass is 10.5. The van der Waals surface area contributed by atoms with Gasteiger partial charge in [-0.25, -0.2) is 0 Å². The van der Waals surface area contributed by atoms with Gasteiger partial charge in [0.2, 0.25) is 0 Å². The Morgan fingerprint density at radius 2 is 1.73 bits per heavy atom. The Morgan fingerprint density at radius 1 is 1.18 bits per heavy atom. The fourth-order valence-corrected chi connectivity index (χ4v) is 2.41. The van der Waals surface area contributed by atoms with E-state index in [2.05, 4.69) is 32.7 Å². The molecule has 0 aromatic heterocycles. The fraction of sp³-hybridized carbons (Fsp3) is 1.00. The lowest BCUT2D eigenvalue weighted by molar-refractivity contribution is 0.311. The molecule has 0 heterocycles. The van der Waals surface area contributed by atoms with Crippen molar-refractivity contribution in [2.24, 2.45) is 0 Å². The zero-order valence-electron chi connectivity index (χ0n) is 8.53. The number of hydrogen-bond donors (Lipinski definition) is 0. The normalized spacial score (nSPS) is 12.5. The molecule has 0 amide bonds. The molecule has 0 aromatic carbocycles. The van der Waals surface area contributed by atoms with Crippen molar-refractivity contribution >= 4 is 17.1 Å². The molecule has 0 unspecified atom stereocenters. The number of hydrogen-bond acceptors (Lipinski definition) is 1. The smallest absolute Gasteiger partial charge is 0.183 e. The Hall–Kier alpha value is 0.394. The van der Waals surface area contributed by atoms with E-state index in [-0.39, 0.29) is 8.80 Å². The first-order chi connectivity index (χ1) is 4.92. The average Bonchev–Trinajstić information content (AvgIpc) is 1.78. The Bertz CT molecular complexity index is 96.8. The molecule has 0 aliphatic carbocycles. The number of rotatable bonds is 5. The summed E-state index contributed by atoms with van der Waals surface area (Å²) < 4.78 is 5.73. The van der Waals surface area contributed by atoms with Crippen LogP contribution in [0.25, 0.3) is 0 Å². The van der Waals surface area contributed by atoms with Crippen LogP contribution >= 0.6 is 0 Å². The molecule has 0 fully saturated rings. The second kappa shape index (κ2) is 5.11. The van der Waals surface area contributed by atoms with Gasteiger partial charge in [-0.1, -0.05) is 19.1 Å². The van der Waals surface area contributed by atoms with E-state index >= 15 is 0 Å². The van der Waals surface area contributed by atoms with Crippen LogP contribution in [0.1, 0.15) is 6.42 Å². The molecule has 11 heavy (non-hydrogen) atoms. The highest BCUT2D eigenvalue weighted by Crippen LogP contribution is 2.05. The summed E-state index contributed by atoms with van der Waals surface area (Å²) in [6.07, 6.45) is 1.27.